The maximum absolute atomic E-state index is 13.0. The Morgan fingerprint density at radius 2 is 1.86 bits per heavy atom. The van der Waals surface area contributed by atoms with Crippen LogP contribution in [0.15, 0.2) is 40.8 Å². The maximum atomic E-state index is 13.0. The van der Waals surface area contributed by atoms with Crippen LogP contribution < -0.4 is 0 Å². The van der Waals surface area contributed by atoms with Crippen LogP contribution in [0.4, 0.5) is 4.39 Å². The quantitative estimate of drug-likeness (QED) is 0.757. The molecule has 0 aliphatic rings. The predicted octanol–water partition coefficient (Wildman–Crippen LogP) is 4.45. The van der Waals surface area contributed by atoms with Crippen molar-refractivity contribution in [2.24, 2.45) is 0 Å². The lowest BCUT2D eigenvalue weighted by atomic mass is 10.1. The summed E-state index contributed by atoms with van der Waals surface area (Å²) in [5.41, 5.74) is 0.912. The van der Waals surface area contributed by atoms with E-state index in [4.69, 9.17) is 4.42 Å². The van der Waals surface area contributed by atoms with Crippen molar-refractivity contribution in [3.05, 3.63) is 59.3 Å². The molecule has 0 unspecified atom stereocenters. The molecule has 4 heteroatoms. The van der Waals surface area contributed by atoms with Crippen LogP contribution in [0.2, 0.25) is 0 Å². The molecule has 22 heavy (non-hydrogen) atoms. The second-order valence-corrected chi connectivity index (χ2v) is 5.49. The van der Waals surface area contributed by atoms with E-state index in [2.05, 4.69) is 6.92 Å². The summed E-state index contributed by atoms with van der Waals surface area (Å²) >= 11 is 0. The topological polar surface area (TPSA) is 33.5 Å². The Bertz CT molecular complexity index is 604. The molecule has 2 rings (SSSR count). The third kappa shape index (κ3) is 4.72. The molecule has 0 fully saturated rings. The van der Waals surface area contributed by atoms with Crippen molar-refractivity contribution < 1.29 is 13.6 Å². The Hall–Kier alpha value is -2.10. The predicted molar refractivity (Wildman–Crippen MR) is 83.6 cm³/mol. The van der Waals surface area contributed by atoms with Gasteiger partial charge in [-0.2, -0.15) is 0 Å². The molecule has 0 aliphatic carbocycles. The lowest BCUT2D eigenvalue weighted by Crippen LogP contribution is -2.29. The fraction of sp³-hybridized carbons (Fsp3) is 0.389. The van der Waals surface area contributed by atoms with Crippen LogP contribution >= 0.6 is 0 Å². The number of nitrogens with zero attached hydrogens (tertiary/aromatic N) is 1. The zero-order valence-electron chi connectivity index (χ0n) is 13.1. The van der Waals surface area contributed by atoms with Crippen LogP contribution in [0.3, 0.4) is 0 Å². The van der Waals surface area contributed by atoms with Crippen molar-refractivity contribution in [2.75, 3.05) is 0 Å². The molecule has 1 aromatic heterocycles. The molecule has 3 nitrogen and oxygen atoms in total. The van der Waals surface area contributed by atoms with Gasteiger partial charge in [0.15, 0.2) is 0 Å². The molecule has 0 saturated heterocycles. The Morgan fingerprint density at radius 3 is 2.45 bits per heavy atom. The van der Waals surface area contributed by atoms with Crippen LogP contribution in [0, 0.1) is 12.7 Å². The van der Waals surface area contributed by atoms with Crippen molar-refractivity contribution >= 4 is 5.91 Å². The summed E-state index contributed by atoms with van der Waals surface area (Å²) in [5.74, 6) is 1.43. The van der Waals surface area contributed by atoms with E-state index in [1.165, 1.54) is 12.1 Å². The molecule has 0 saturated carbocycles. The highest BCUT2D eigenvalue weighted by Gasteiger charge is 2.16. The lowest BCUT2D eigenvalue weighted by Gasteiger charge is -2.22. The van der Waals surface area contributed by atoms with Crippen LogP contribution in [0.5, 0.6) is 0 Å². The van der Waals surface area contributed by atoms with E-state index in [0.717, 1.165) is 29.9 Å². The van der Waals surface area contributed by atoms with Gasteiger partial charge in [-0.15, -0.1) is 0 Å². The summed E-state index contributed by atoms with van der Waals surface area (Å²) < 4.78 is 18.6. The summed E-state index contributed by atoms with van der Waals surface area (Å²) in [5, 5.41) is 0. The van der Waals surface area contributed by atoms with E-state index in [9.17, 15) is 9.18 Å². The van der Waals surface area contributed by atoms with Crippen molar-refractivity contribution in [1.82, 2.24) is 4.90 Å². The average molecular weight is 303 g/mol. The molecule has 0 aliphatic heterocycles. The minimum absolute atomic E-state index is 0.0974. The van der Waals surface area contributed by atoms with Crippen LogP contribution in [0.1, 0.15) is 43.3 Å². The van der Waals surface area contributed by atoms with Gasteiger partial charge in [0, 0.05) is 13.0 Å². The van der Waals surface area contributed by atoms with E-state index in [-0.39, 0.29) is 11.7 Å². The fourth-order valence-corrected chi connectivity index (χ4v) is 2.29. The van der Waals surface area contributed by atoms with E-state index in [1.54, 1.807) is 17.0 Å². The lowest BCUT2D eigenvalue weighted by molar-refractivity contribution is -0.132. The number of benzene rings is 1. The highest BCUT2D eigenvalue weighted by Crippen LogP contribution is 2.15. The average Bonchev–Trinajstić information content (AvgIpc) is 2.91. The highest BCUT2D eigenvalue weighted by atomic mass is 19.1. The minimum Gasteiger partial charge on any atom is -0.464 e. The maximum Gasteiger partial charge on any atom is 0.223 e. The molecule has 0 atom stereocenters. The van der Waals surface area contributed by atoms with Crippen LogP contribution in [-0.2, 0) is 17.9 Å². The molecular weight excluding hydrogens is 281 g/mol. The second-order valence-electron chi connectivity index (χ2n) is 5.49. The Kier molecular flexibility index (Phi) is 5.75. The Labute approximate surface area is 130 Å². The van der Waals surface area contributed by atoms with Gasteiger partial charge in [-0.3, -0.25) is 4.79 Å². The number of carbonyl (C=O) groups is 1. The second kappa shape index (κ2) is 7.78. The van der Waals surface area contributed by atoms with Gasteiger partial charge in [-0.1, -0.05) is 25.5 Å². The van der Waals surface area contributed by atoms with E-state index < -0.39 is 0 Å². The van der Waals surface area contributed by atoms with E-state index in [1.807, 2.05) is 19.1 Å². The summed E-state index contributed by atoms with van der Waals surface area (Å²) in [6.45, 7) is 4.84. The molecule has 1 heterocycles. The van der Waals surface area contributed by atoms with Gasteiger partial charge in [0.25, 0.3) is 0 Å². The zero-order valence-corrected chi connectivity index (χ0v) is 13.1. The highest BCUT2D eigenvalue weighted by molar-refractivity contribution is 5.76. The van der Waals surface area contributed by atoms with Crippen molar-refractivity contribution in [2.45, 2.75) is 46.2 Å². The molecule has 0 bridgehead atoms. The normalized spacial score (nSPS) is 10.7. The molecule has 118 valence electrons. The molecule has 0 spiro atoms. The molecule has 0 radical (unpaired) electrons. The van der Waals surface area contributed by atoms with Gasteiger partial charge < -0.3 is 9.32 Å². The first kappa shape index (κ1) is 16.3. The number of carbonyl (C=O) groups excluding carboxylic acids is 1. The monoisotopic (exact) mass is 303 g/mol. The minimum atomic E-state index is -0.269. The molecule has 1 aromatic carbocycles. The Balaban J connectivity index is 2.09. The van der Waals surface area contributed by atoms with Crippen molar-refractivity contribution in [3.8, 4) is 0 Å². The number of aryl methyl sites for hydroxylation is 1. The molecule has 0 N–H and O–H groups in total. The van der Waals surface area contributed by atoms with Gasteiger partial charge in [0.2, 0.25) is 5.91 Å². The SMILES string of the molecule is CCCCC(=O)N(Cc1ccc(F)cc1)Cc1ccc(C)o1. The number of halogens is 1. The number of hydrogen-bond acceptors (Lipinski definition) is 2. The Morgan fingerprint density at radius 1 is 1.14 bits per heavy atom. The van der Waals surface area contributed by atoms with Gasteiger partial charge in [0.1, 0.15) is 17.3 Å². The first-order valence-corrected chi connectivity index (χ1v) is 7.66. The molecular formula is C18H22FNO2. The number of hydrogen-bond donors (Lipinski definition) is 0. The first-order valence-electron chi connectivity index (χ1n) is 7.66. The number of rotatable bonds is 7. The standard InChI is InChI=1S/C18H22FNO2/c1-3-4-5-18(21)20(13-17-11-6-14(2)22-17)12-15-7-9-16(19)10-8-15/h6-11H,3-5,12-13H2,1-2H3. The summed E-state index contributed by atoms with van der Waals surface area (Å²) in [6.07, 6.45) is 2.38. The first-order chi connectivity index (χ1) is 10.6. The number of furan rings is 1. The van der Waals surface area contributed by atoms with Gasteiger partial charge in [0.05, 0.1) is 6.54 Å². The van der Waals surface area contributed by atoms with Crippen LogP contribution in [-0.4, -0.2) is 10.8 Å². The zero-order chi connectivity index (χ0) is 15.9. The van der Waals surface area contributed by atoms with Gasteiger partial charge >= 0.3 is 0 Å². The number of unbranched alkanes of at least 4 members (excludes halogenated alkanes) is 1. The summed E-state index contributed by atoms with van der Waals surface area (Å²) in [7, 11) is 0. The van der Waals surface area contributed by atoms with E-state index >= 15 is 0 Å². The number of amides is 1. The molecule has 1 amide bonds. The summed E-state index contributed by atoms with van der Waals surface area (Å²) in [6, 6.07) is 10.0. The largest absolute Gasteiger partial charge is 0.464 e. The van der Waals surface area contributed by atoms with Gasteiger partial charge in [-0.25, -0.2) is 4.39 Å². The smallest absolute Gasteiger partial charge is 0.223 e. The summed E-state index contributed by atoms with van der Waals surface area (Å²) in [4.78, 5) is 14.2. The van der Waals surface area contributed by atoms with Crippen molar-refractivity contribution in [1.29, 1.82) is 0 Å². The fourth-order valence-electron chi connectivity index (χ4n) is 2.29. The third-order valence-corrected chi connectivity index (χ3v) is 3.53. The third-order valence-electron chi connectivity index (χ3n) is 3.53. The molecule has 2 aromatic rings. The van der Waals surface area contributed by atoms with E-state index in [0.29, 0.717) is 19.5 Å². The van der Waals surface area contributed by atoms with Crippen LogP contribution in [0.25, 0.3) is 0 Å². The van der Waals surface area contributed by atoms with Crippen molar-refractivity contribution in [3.63, 3.8) is 0 Å². The van der Waals surface area contributed by atoms with Gasteiger partial charge in [-0.05, 0) is 43.2 Å².